The van der Waals surface area contributed by atoms with Crippen LogP contribution in [0.5, 0.6) is 5.75 Å². The Balaban J connectivity index is 2.04. The molecule has 0 atom stereocenters. The second-order valence-corrected chi connectivity index (χ2v) is 11.7. The largest absolute Gasteiger partial charge is 0.508 e. The van der Waals surface area contributed by atoms with Crippen molar-refractivity contribution in [3.63, 3.8) is 0 Å². The van der Waals surface area contributed by atoms with E-state index in [0.717, 1.165) is 10.8 Å². The fourth-order valence-corrected chi connectivity index (χ4v) is 3.74. The van der Waals surface area contributed by atoms with Crippen LogP contribution in [0.4, 0.5) is 0 Å². The lowest BCUT2D eigenvalue weighted by atomic mass is 10.0. The van der Waals surface area contributed by atoms with Crippen LogP contribution < -0.4 is 5.19 Å². The number of hydrogen-bond acceptors (Lipinski definition) is 1. The van der Waals surface area contributed by atoms with E-state index in [0.29, 0.717) is 5.75 Å². The standard InChI is InChI=1S/C19H20OSi/c1-21(2,3)19-10-7-14(8-11-19)16-5-4-15-6-9-18(20)13-17(15)12-16/h4-13,20H,1-3H3. The Morgan fingerprint density at radius 1 is 0.667 bits per heavy atom. The lowest BCUT2D eigenvalue weighted by Gasteiger charge is -2.16. The molecule has 3 aromatic carbocycles. The SMILES string of the molecule is C[Si](C)(C)c1ccc(-c2ccc3ccc(O)cc3c2)cc1. The predicted molar refractivity (Wildman–Crippen MR) is 94.0 cm³/mol. The van der Waals surface area contributed by atoms with Gasteiger partial charge in [0.2, 0.25) is 0 Å². The molecule has 0 aliphatic heterocycles. The number of hydrogen-bond donors (Lipinski definition) is 1. The van der Waals surface area contributed by atoms with Crippen LogP contribution in [0.25, 0.3) is 21.9 Å². The summed E-state index contributed by atoms with van der Waals surface area (Å²) >= 11 is 0. The van der Waals surface area contributed by atoms with Crippen molar-refractivity contribution in [3.8, 4) is 16.9 Å². The summed E-state index contributed by atoms with van der Waals surface area (Å²) in [5, 5.41) is 13.3. The Morgan fingerprint density at radius 2 is 1.29 bits per heavy atom. The molecule has 21 heavy (non-hydrogen) atoms. The third-order valence-electron chi connectivity index (χ3n) is 3.91. The van der Waals surface area contributed by atoms with Crippen LogP contribution in [0.1, 0.15) is 0 Å². The van der Waals surface area contributed by atoms with Gasteiger partial charge in [-0.05, 0) is 40.1 Å². The van der Waals surface area contributed by atoms with Gasteiger partial charge in [-0.1, -0.05) is 67.3 Å². The van der Waals surface area contributed by atoms with E-state index in [9.17, 15) is 5.11 Å². The Morgan fingerprint density at radius 3 is 1.95 bits per heavy atom. The molecule has 0 amide bonds. The van der Waals surface area contributed by atoms with Crippen LogP contribution in [0.2, 0.25) is 19.6 Å². The van der Waals surface area contributed by atoms with Crippen molar-refractivity contribution in [2.45, 2.75) is 19.6 Å². The Labute approximate surface area is 126 Å². The van der Waals surface area contributed by atoms with Crippen LogP contribution in [-0.2, 0) is 0 Å². The molecule has 0 unspecified atom stereocenters. The van der Waals surface area contributed by atoms with E-state index in [2.05, 4.69) is 62.1 Å². The quantitative estimate of drug-likeness (QED) is 0.675. The molecule has 2 heteroatoms. The molecule has 0 aliphatic rings. The summed E-state index contributed by atoms with van der Waals surface area (Å²) in [5.74, 6) is 0.314. The fraction of sp³-hybridized carbons (Fsp3) is 0.158. The van der Waals surface area contributed by atoms with Crippen molar-refractivity contribution in [2.75, 3.05) is 0 Å². The molecule has 1 nitrogen and oxygen atoms in total. The molecule has 0 aliphatic carbocycles. The van der Waals surface area contributed by atoms with E-state index in [1.165, 1.54) is 16.3 Å². The maximum atomic E-state index is 9.62. The van der Waals surface area contributed by atoms with Crippen molar-refractivity contribution in [2.24, 2.45) is 0 Å². The van der Waals surface area contributed by atoms with E-state index in [1.54, 1.807) is 6.07 Å². The number of rotatable bonds is 2. The summed E-state index contributed by atoms with van der Waals surface area (Å²) in [6, 6.07) is 20.8. The number of benzene rings is 3. The van der Waals surface area contributed by atoms with Gasteiger partial charge < -0.3 is 5.11 Å². The number of fused-ring (bicyclic) bond motifs is 1. The molecule has 0 bridgehead atoms. The first-order valence-electron chi connectivity index (χ1n) is 7.27. The van der Waals surface area contributed by atoms with Gasteiger partial charge in [-0.25, -0.2) is 0 Å². The van der Waals surface area contributed by atoms with E-state index in [-0.39, 0.29) is 0 Å². The molecule has 0 fully saturated rings. The first kappa shape index (κ1) is 13.9. The van der Waals surface area contributed by atoms with Gasteiger partial charge in [0.05, 0.1) is 8.07 Å². The minimum atomic E-state index is -1.24. The summed E-state index contributed by atoms with van der Waals surface area (Å²) in [4.78, 5) is 0. The third-order valence-corrected chi connectivity index (χ3v) is 5.97. The fourth-order valence-electron chi connectivity index (χ4n) is 2.58. The molecule has 0 saturated carbocycles. The van der Waals surface area contributed by atoms with Crippen LogP contribution in [-0.4, -0.2) is 13.2 Å². The minimum Gasteiger partial charge on any atom is -0.508 e. The zero-order chi connectivity index (χ0) is 15.0. The van der Waals surface area contributed by atoms with Gasteiger partial charge in [0.25, 0.3) is 0 Å². The lowest BCUT2D eigenvalue weighted by molar-refractivity contribution is 0.476. The minimum absolute atomic E-state index is 0.314. The van der Waals surface area contributed by atoms with Crippen molar-refractivity contribution >= 4 is 24.0 Å². The first-order chi connectivity index (χ1) is 9.93. The van der Waals surface area contributed by atoms with E-state index >= 15 is 0 Å². The molecule has 0 spiro atoms. The molecular formula is C19H20OSi. The zero-order valence-corrected chi connectivity index (χ0v) is 13.7. The second kappa shape index (κ2) is 5.04. The third kappa shape index (κ3) is 2.86. The second-order valence-electron chi connectivity index (χ2n) is 6.57. The van der Waals surface area contributed by atoms with Crippen LogP contribution in [0.15, 0.2) is 60.7 Å². The molecule has 3 rings (SSSR count). The topological polar surface area (TPSA) is 20.2 Å². The van der Waals surface area contributed by atoms with Gasteiger partial charge in [-0.2, -0.15) is 0 Å². The molecule has 1 N–H and O–H groups in total. The maximum absolute atomic E-state index is 9.62. The van der Waals surface area contributed by atoms with Crippen molar-refractivity contribution in [3.05, 3.63) is 60.7 Å². The van der Waals surface area contributed by atoms with E-state index < -0.39 is 8.07 Å². The van der Waals surface area contributed by atoms with Crippen molar-refractivity contribution < 1.29 is 5.11 Å². The van der Waals surface area contributed by atoms with Crippen molar-refractivity contribution in [1.29, 1.82) is 0 Å². The highest BCUT2D eigenvalue weighted by Gasteiger charge is 2.15. The summed E-state index contributed by atoms with van der Waals surface area (Å²) in [6.45, 7) is 7.09. The maximum Gasteiger partial charge on any atom is 0.116 e. The van der Waals surface area contributed by atoms with E-state index in [4.69, 9.17) is 0 Å². The summed E-state index contributed by atoms with van der Waals surface area (Å²) in [5.41, 5.74) is 2.41. The monoisotopic (exact) mass is 292 g/mol. The molecule has 0 aromatic heterocycles. The lowest BCUT2D eigenvalue weighted by Crippen LogP contribution is -2.37. The van der Waals surface area contributed by atoms with Gasteiger partial charge in [0.15, 0.2) is 0 Å². The number of phenolic OH excluding ortho intramolecular Hbond substituents is 1. The average molecular weight is 292 g/mol. The summed E-state index contributed by atoms with van der Waals surface area (Å²) < 4.78 is 0. The first-order valence-corrected chi connectivity index (χ1v) is 10.8. The Kier molecular flexibility index (Phi) is 3.34. The Bertz CT molecular complexity index is 783. The number of aromatic hydroxyl groups is 1. The van der Waals surface area contributed by atoms with Crippen LogP contribution in [0.3, 0.4) is 0 Å². The normalized spacial score (nSPS) is 11.8. The van der Waals surface area contributed by atoms with Crippen LogP contribution in [0, 0.1) is 0 Å². The van der Waals surface area contributed by atoms with E-state index in [1.807, 2.05) is 12.1 Å². The summed E-state index contributed by atoms with van der Waals surface area (Å²) in [7, 11) is -1.24. The molecule has 0 radical (unpaired) electrons. The smallest absolute Gasteiger partial charge is 0.116 e. The van der Waals surface area contributed by atoms with Gasteiger partial charge in [-0.3, -0.25) is 0 Å². The Hall–Kier alpha value is -2.06. The number of phenols is 1. The van der Waals surface area contributed by atoms with Crippen molar-refractivity contribution in [1.82, 2.24) is 0 Å². The van der Waals surface area contributed by atoms with Gasteiger partial charge in [0.1, 0.15) is 5.75 Å². The van der Waals surface area contributed by atoms with Gasteiger partial charge >= 0.3 is 0 Å². The molecule has 0 heterocycles. The predicted octanol–water partition coefficient (Wildman–Crippen LogP) is 4.76. The molecule has 0 saturated heterocycles. The molecular weight excluding hydrogens is 272 g/mol. The average Bonchev–Trinajstić information content (AvgIpc) is 2.45. The summed E-state index contributed by atoms with van der Waals surface area (Å²) in [6.07, 6.45) is 0. The molecule has 106 valence electrons. The van der Waals surface area contributed by atoms with Gasteiger partial charge in [-0.15, -0.1) is 0 Å². The highest BCUT2D eigenvalue weighted by molar-refractivity contribution is 6.88. The van der Waals surface area contributed by atoms with Gasteiger partial charge in [0, 0.05) is 0 Å². The highest BCUT2D eigenvalue weighted by Crippen LogP contribution is 2.26. The van der Waals surface area contributed by atoms with Crippen LogP contribution >= 0.6 is 0 Å². The highest BCUT2D eigenvalue weighted by atomic mass is 28.3. The zero-order valence-electron chi connectivity index (χ0n) is 12.7. The molecule has 3 aromatic rings.